The van der Waals surface area contributed by atoms with E-state index in [9.17, 15) is 57.8 Å². The summed E-state index contributed by atoms with van der Waals surface area (Å²) in [6, 6.07) is 15.2. The van der Waals surface area contributed by atoms with Gasteiger partial charge in [-0.3, -0.25) is 57.7 Å². The van der Waals surface area contributed by atoms with Gasteiger partial charge in [0.15, 0.2) is 29.1 Å². The Balaban J connectivity index is 1.62. The van der Waals surface area contributed by atoms with Crippen LogP contribution >= 0.6 is 0 Å². The second-order valence-corrected chi connectivity index (χ2v) is 27.0. The van der Waals surface area contributed by atoms with Crippen molar-refractivity contribution in [1.29, 1.82) is 0 Å². The number of cyclic esters (lactones) is 1. The predicted octanol–water partition coefficient (Wildman–Crippen LogP) is 5.71. The highest BCUT2D eigenvalue weighted by Crippen LogP contribution is 2.28. The first-order valence-corrected chi connectivity index (χ1v) is 35.1. The van der Waals surface area contributed by atoms with Crippen LogP contribution in [-0.4, -0.2) is 137 Å². The van der Waals surface area contributed by atoms with Gasteiger partial charge in [0.2, 0.25) is 41.4 Å². The third kappa shape index (κ3) is 25.2. The van der Waals surface area contributed by atoms with Crippen LogP contribution < -0.4 is 49.1 Å². The normalized spacial score (nSPS) is 20.3. The Morgan fingerprint density at radius 1 is 0.622 bits per heavy atom. The Morgan fingerprint density at radius 2 is 1.21 bits per heavy atom. The first-order valence-electron chi connectivity index (χ1n) is 35.1. The number of fused-ring (bicyclic) bond motifs is 1. The Morgan fingerprint density at radius 3 is 1.81 bits per heavy atom. The lowest BCUT2D eigenvalue weighted by molar-refractivity contribution is -0.157. The topological polar surface area (TPSA) is 397 Å². The first kappa shape index (κ1) is 82.0. The fourth-order valence-corrected chi connectivity index (χ4v) is 12.2. The standard InChI is InChI=1S/C74H110N10O14/c1-12-42(6)55(40-58(86)56(32-33-62(75)90)79-69(93)52(37-51-29-24-28-50-27-20-21-30-54(50)51)38-60(88)63(43(7)13-2)81-68(92)49(16-5)36-48-25-18-17-19-26-48)71(95)82-64(44(8)14-3)61(89)39-53(41-85)70(94)84-66-47(11)98-73(97)65(45(9)15-4)83-72(96)57(31-22-23-34-78-74(76)77)80-67(91)46(10)35-59(66)87/h17-21,24-30,42-47,49,52-53,55-57,63-66,85H,12-16,22-23,31-41H2,1-11H3,(H2,75,90)(H,79,93)(H,80,91)(H,81,92)(H,82,95)(H,83,96)(H,84,94)(H4,76,77,78)/t42-,43-,44-,45-,46+,47-,49+,52+,53-,55+,56+,57-,63-,64-,65-,66+/m0/s1. The van der Waals surface area contributed by atoms with Crippen molar-refractivity contribution in [3.05, 3.63) is 83.9 Å². The number of amides is 7. The average Bonchev–Trinajstić information content (AvgIpc) is 0.973. The summed E-state index contributed by atoms with van der Waals surface area (Å²) in [7, 11) is 0. The van der Waals surface area contributed by atoms with Crippen molar-refractivity contribution >= 4 is 87.2 Å². The molecular weight excluding hydrogens is 1250 g/mol. The number of carbonyl (C=O) groups is 12. The first-order chi connectivity index (χ1) is 46.5. The number of aliphatic hydroxyl groups excluding tert-OH is 1. The molecule has 0 spiro atoms. The quantitative estimate of drug-likeness (QED) is 0.0141. The molecule has 1 saturated heterocycles. The van der Waals surface area contributed by atoms with E-state index in [0.29, 0.717) is 51.4 Å². The van der Waals surface area contributed by atoms with Gasteiger partial charge in [0, 0.05) is 62.3 Å². The molecule has 16 atom stereocenters. The highest BCUT2D eigenvalue weighted by Gasteiger charge is 2.41. The Bertz CT molecular complexity index is 3220. The molecule has 4 rings (SSSR count). The number of nitrogens with one attached hydrogen (secondary N) is 6. The van der Waals surface area contributed by atoms with E-state index in [2.05, 4.69) is 36.9 Å². The molecule has 1 aliphatic rings. The van der Waals surface area contributed by atoms with Crippen LogP contribution in [0.5, 0.6) is 0 Å². The van der Waals surface area contributed by atoms with E-state index in [-0.39, 0.29) is 62.2 Å². The van der Waals surface area contributed by atoms with Crippen molar-refractivity contribution < 1.29 is 67.4 Å². The molecule has 3 aromatic carbocycles. The number of unbranched alkanes of at least 4 members (excludes halogenated alkanes) is 1. The van der Waals surface area contributed by atoms with Gasteiger partial charge in [0.1, 0.15) is 24.2 Å². The van der Waals surface area contributed by atoms with Gasteiger partial charge in [-0.1, -0.05) is 168 Å². The van der Waals surface area contributed by atoms with Crippen LogP contribution in [0.3, 0.4) is 0 Å². The number of nitrogens with zero attached hydrogens (tertiary/aromatic N) is 1. The molecule has 540 valence electrons. The zero-order valence-electron chi connectivity index (χ0n) is 59.3. The molecule has 1 fully saturated rings. The largest absolute Gasteiger partial charge is 0.458 e. The zero-order valence-corrected chi connectivity index (χ0v) is 59.3. The summed E-state index contributed by atoms with van der Waals surface area (Å²) in [5.74, 6) is -15.3. The van der Waals surface area contributed by atoms with Crippen LogP contribution in [0.1, 0.15) is 177 Å². The van der Waals surface area contributed by atoms with E-state index in [1.54, 1.807) is 34.6 Å². The number of esters is 1. The van der Waals surface area contributed by atoms with Gasteiger partial charge < -0.3 is 58.9 Å². The van der Waals surface area contributed by atoms with Gasteiger partial charge in [0.05, 0.1) is 30.7 Å². The molecule has 13 N–H and O–H groups in total. The maximum atomic E-state index is 15.1. The molecule has 0 radical (unpaired) electrons. The molecule has 0 unspecified atom stereocenters. The van der Waals surface area contributed by atoms with Gasteiger partial charge in [-0.25, -0.2) is 4.79 Å². The minimum atomic E-state index is -1.61. The summed E-state index contributed by atoms with van der Waals surface area (Å²) >= 11 is 0. The van der Waals surface area contributed by atoms with Gasteiger partial charge in [0.25, 0.3) is 0 Å². The third-order valence-electron chi connectivity index (χ3n) is 19.5. The van der Waals surface area contributed by atoms with E-state index in [1.165, 1.54) is 13.8 Å². The zero-order chi connectivity index (χ0) is 72.9. The summed E-state index contributed by atoms with van der Waals surface area (Å²) < 4.78 is 5.83. The van der Waals surface area contributed by atoms with Crippen molar-refractivity contribution in [2.45, 2.75) is 221 Å². The second-order valence-electron chi connectivity index (χ2n) is 27.0. The molecule has 24 heteroatoms. The molecular formula is C74H110N10O14. The van der Waals surface area contributed by atoms with Gasteiger partial charge in [-0.05, 0) is 97.4 Å². The summed E-state index contributed by atoms with van der Waals surface area (Å²) in [5.41, 5.74) is 18.3. The van der Waals surface area contributed by atoms with Crippen LogP contribution in [0.2, 0.25) is 0 Å². The summed E-state index contributed by atoms with van der Waals surface area (Å²) in [5, 5.41) is 29.3. The average molecular weight is 1360 g/mol. The number of benzene rings is 3. The summed E-state index contributed by atoms with van der Waals surface area (Å²) in [4.78, 5) is 175. The Labute approximate surface area is 577 Å². The second kappa shape index (κ2) is 41.1. The molecule has 7 amide bonds. The maximum absolute atomic E-state index is 15.1. The summed E-state index contributed by atoms with van der Waals surface area (Å²) in [6.07, 6.45) is -0.280. The number of ketones is 4. The number of nitrogens with two attached hydrogens (primary N) is 3. The third-order valence-corrected chi connectivity index (χ3v) is 19.5. The highest BCUT2D eigenvalue weighted by atomic mass is 16.5. The number of Topliss-reactive ketones (excluding diaryl/α,β-unsaturated/α-hetero) is 4. The minimum absolute atomic E-state index is 0.0459. The van der Waals surface area contributed by atoms with Crippen molar-refractivity contribution in [2.24, 2.45) is 75.5 Å². The van der Waals surface area contributed by atoms with Crippen molar-refractivity contribution in [1.82, 2.24) is 31.9 Å². The van der Waals surface area contributed by atoms with E-state index >= 15 is 4.79 Å². The smallest absolute Gasteiger partial charge is 0.329 e. The molecule has 0 saturated carbocycles. The number of ether oxygens (including phenoxy) is 1. The molecule has 0 bridgehead atoms. The number of aliphatic hydroxyl groups is 1. The lowest BCUT2D eigenvalue weighted by atomic mass is 9.83. The Kier molecular flexibility index (Phi) is 34.4. The number of hydrogen-bond acceptors (Lipinski definition) is 15. The number of hydrogen-bond donors (Lipinski definition) is 10. The van der Waals surface area contributed by atoms with Gasteiger partial charge >= 0.3 is 5.97 Å². The molecule has 1 aliphatic heterocycles. The number of guanidine groups is 1. The van der Waals surface area contributed by atoms with Gasteiger partial charge in [-0.15, -0.1) is 0 Å². The van der Waals surface area contributed by atoms with Gasteiger partial charge in [-0.2, -0.15) is 0 Å². The van der Waals surface area contributed by atoms with Crippen LogP contribution in [0, 0.1) is 53.3 Å². The molecule has 98 heavy (non-hydrogen) atoms. The maximum Gasteiger partial charge on any atom is 0.329 e. The van der Waals surface area contributed by atoms with Crippen molar-refractivity contribution in [2.75, 3.05) is 13.2 Å². The molecule has 0 aromatic heterocycles. The highest BCUT2D eigenvalue weighted by molar-refractivity contribution is 6.00. The van der Waals surface area contributed by atoms with Crippen LogP contribution in [-0.2, 0) is 75.1 Å². The molecule has 1 heterocycles. The lowest BCUT2D eigenvalue weighted by Crippen LogP contribution is -2.55. The lowest BCUT2D eigenvalue weighted by Gasteiger charge is -2.31. The van der Waals surface area contributed by atoms with E-state index in [1.807, 2.05) is 100 Å². The molecule has 24 nitrogen and oxygen atoms in total. The van der Waals surface area contributed by atoms with Crippen LogP contribution in [0.15, 0.2) is 77.8 Å². The SMILES string of the molecule is CC[C@H](Cc1ccccc1)C(=O)N[C@H](C(=O)C[C@@H](Cc1cccc2ccccc12)C(=O)N[C@H](CCC(N)=O)C(=O)C[C@@H](C(=O)N[C@H](C(=O)C[C@@H](CO)C(=O)N[C@H]1C(=O)C[C@@H](C)C(=O)N[C@@H](CCCCN=C(N)N)C(=O)N[C@@H]([C@@H](C)CC)C(=O)O[C@H]1C)[C@@H](C)CC)[C@@H](C)CC)[C@@H](C)CC. The number of primary amides is 1. The van der Waals surface area contributed by atoms with Crippen molar-refractivity contribution in [3.63, 3.8) is 0 Å². The minimum Gasteiger partial charge on any atom is -0.458 e. The van der Waals surface area contributed by atoms with E-state index in [0.717, 1.165) is 21.9 Å². The molecule has 0 aliphatic carbocycles. The monoisotopic (exact) mass is 1360 g/mol. The Hall–Kier alpha value is -8.41. The predicted molar refractivity (Wildman–Crippen MR) is 375 cm³/mol. The number of aliphatic imine (C=N–C) groups is 1. The van der Waals surface area contributed by atoms with Crippen LogP contribution in [0.4, 0.5) is 0 Å². The van der Waals surface area contributed by atoms with E-state index < -0.39 is 174 Å². The molecule has 3 aromatic rings. The fourth-order valence-electron chi connectivity index (χ4n) is 12.2. The van der Waals surface area contributed by atoms with Crippen molar-refractivity contribution in [3.8, 4) is 0 Å². The fraction of sp³-hybridized carbons (Fsp3) is 0.608. The number of carbonyl (C=O) groups excluding carboxylic acids is 12. The van der Waals surface area contributed by atoms with E-state index in [4.69, 9.17) is 21.9 Å². The summed E-state index contributed by atoms with van der Waals surface area (Å²) in [6.45, 7) is 18.4. The number of rotatable bonds is 39. The van der Waals surface area contributed by atoms with Crippen LogP contribution in [0.25, 0.3) is 10.8 Å².